The third-order valence-electron chi connectivity index (χ3n) is 2.22. The van der Waals surface area contributed by atoms with E-state index in [0.717, 1.165) is 15.6 Å². The van der Waals surface area contributed by atoms with Gasteiger partial charge < -0.3 is 5.11 Å². The minimum Gasteiger partial charge on any atom is -0.392 e. The second-order valence-electron chi connectivity index (χ2n) is 3.44. The van der Waals surface area contributed by atoms with E-state index in [4.69, 9.17) is 16.7 Å². The summed E-state index contributed by atoms with van der Waals surface area (Å²) in [7, 11) is 0. The van der Waals surface area contributed by atoms with E-state index in [9.17, 15) is 0 Å². The highest BCUT2D eigenvalue weighted by Crippen LogP contribution is 2.22. The molecule has 1 heterocycles. The van der Waals surface area contributed by atoms with Crippen LogP contribution in [-0.2, 0) is 13.2 Å². The van der Waals surface area contributed by atoms with Crippen LogP contribution in [-0.4, -0.2) is 14.9 Å². The molecular weight excluding hydrogens is 291 g/mol. The minimum atomic E-state index is 0.00801. The lowest BCUT2D eigenvalue weighted by molar-refractivity contribution is 0.281. The summed E-state index contributed by atoms with van der Waals surface area (Å²) in [5.41, 5.74) is 1.80. The fourth-order valence-electron chi connectivity index (χ4n) is 1.40. The molecule has 1 aromatic heterocycles. The lowest BCUT2D eigenvalue weighted by Crippen LogP contribution is -2.00. The molecule has 0 fully saturated rings. The normalized spacial score (nSPS) is 10.7. The summed E-state index contributed by atoms with van der Waals surface area (Å²) in [4.78, 5) is 0. The van der Waals surface area contributed by atoms with E-state index in [0.29, 0.717) is 11.6 Å². The van der Waals surface area contributed by atoms with Gasteiger partial charge >= 0.3 is 0 Å². The molecular formula is C11H10BrClN2O. The SMILES string of the molecule is OCc1cnn(Cc2ccc(Br)cc2Cl)c1. The van der Waals surface area contributed by atoms with Crippen molar-refractivity contribution in [3.05, 3.63) is 51.2 Å². The topological polar surface area (TPSA) is 38.1 Å². The molecule has 2 rings (SSSR count). The van der Waals surface area contributed by atoms with E-state index in [1.165, 1.54) is 0 Å². The third-order valence-corrected chi connectivity index (χ3v) is 3.06. The van der Waals surface area contributed by atoms with E-state index in [-0.39, 0.29) is 6.61 Å². The van der Waals surface area contributed by atoms with Gasteiger partial charge in [0.15, 0.2) is 0 Å². The third kappa shape index (κ3) is 2.64. The first-order chi connectivity index (χ1) is 7.69. The number of halogens is 2. The molecule has 5 heteroatoms. The van der Waals surface area contributed by atoms with Crippen LogP contribution in [0.2, 0.25) is 5.02 Å². The Morgan fingerprint density at radius 3 is 2.88 bits per heavy atom. The minimum absolute atomic E-state index is 0.00801. The van der Waals surface area contributed by atoms with Gasteiger partial charge in [-0.05, 0) is 17.7 Å². The van der Waals surface area contributed by atoms with Gasteiger partial charge in [-0.25, -0.2) is 0 Å². The fourth-order valence-corrected chi connectivity index (χ4v) is 2.13. The maximum absolute atomic E-state index is 8.92. The lowest BCUT2D eigenvalue weighted by Gasteiger charge is -2.04. The molecule has 0 unspecified atom stereocenters. The standard InChI is InChI=1S/C11H10BrClN2O/c12-10-2-1-9(11(13)3-10)6-15-5-8(7-16)4-14-15/h1-5,16H,6-7H2. The van der Waals surface area contributed by atoms with Gasteiger partial charge in [-0.1, -0.05) is 33.6 Å². The van der Waals surface area contributed by atoms with Crippen LogP contribution in [0.3, 0.4) is 0 Å². The Bertz CT molecular complexity index is 498. The van der Waals surface area contributed by atoms with Crippen molar-refractivity contribution in [1.82, 2.24) is 9.78 Å². The zero-order valence-electron chi connectivity index (χ0n) is 8.40. The predicted octanol–water partition coefficient (Wildman–Crippen LogP) is 2.84. The van der Waals surface area contributed by atoms with Crippen molar-refractivity contribution in [2.24, 2.45) is 0 Å². The highest BCUT2D eigenvalue weighted by Gasteiger charge is 2.03. The van der Waals surface area contributed by atoms with Crippen LogP contribution < -0.4 is 0 Å². The Morgan fingerprint density at radius 2 is 2.25 bits per heavy atom. The Hall–Kier alpha value is -0.840. The first-order valence-electron chi connectivity index (χ1n) is 4.75. The summed E-state index contributed by atoms with van der Waals surface area (Å²) in [5, 5.41) is 13.8. The summed E-state index contributed by atoms with van der Waals surface area (Å²) in [6.45, 7) is 0.611. The van der Waals surface area contributed by atoms with Crippen LogP contribution in [0.25, 0.3) is 0 Å². The van der Waals surface area contributed by atoms with Crippen LogP contribution >= 0.6 is 27.5 Å². The molecule has 84 valence electrons. The van der Waals surface area contributed by atoms with Crippen molar-refractivity contribution in [3.8, 4) is 0 Å². The van der Waals surface area contributed by atoms with Crippen LogP contribution in [0, 0.1) is 0 Å². The van der Waals surface area contributed by atoms with Crippen LogP contribution in [0.4, 0.5) is 0 Å². The zero-order chi connectivity index (χ0) is 11.5. The van der Waals surface area contributed by atoms with E-state index in [1.54, 1.807) is 17.1 Å². The maximum Gasteiger partial charge on any atom is 0.0712 e. The molecule has 0 bridgehead atoms. The summed E-state index contributed by atoms with van der Waals surface area (Å²) in [6, 6.07) is 5.75. The number of benzene rings is 1. The molecule has 0 saturated heterocycles. The number of hydrogen-bond donors (Lipinski definition) is 1. The van der Waals surface area contributed by atoms with Crippen molar-refractivity contribution in [2.75, 3.05) is 0 Å². The Kier molecular flexibility index (Phi) is 3.63. The van der Waals surface area contributed by atoms with E-state index in [2.05, 4.69) is 21.0 Å². The van der Waals surface area contributed by atoms with Crippen LogP contribution in [0.1, 0.15) is 11.1 Å². The maximum atomic E-state index is 8.92. The van der Waals surface area contributed by atoms with Gasteiger partial charge in [-0.3, -0.25) is 4.68 Å². The lowest BCUT2D eigenvalue weighted by atomic mass is 10.2. The van der Waals surface area contributed by atoms with Gasteiger partial charge in [-0.2, -0.15) is 5.10 Å². The molecule has 0 spiro atoms. The molecule has 0 aliphatic carbocycles. The second-order valence-corrected chi connectivity index (χ2v) is 4.76. The number of nitrogens with zero attached hydrogens (tertiary/aromatic N) is 2. The van der Waals surface area contributed by atoms with Gasteiger partial charge in [-0.15, -0.1) is 0 Å². The molecule has 1 aromatic carbocycles. The highest BCUT2D eigenvalue weighted by atomic mass is 79.9. The molecule has 3 nitrogen and oxygen atoms in total. The van der Waals surface area contributed by atoms with Crippen LogP contribution in [0.15, 0.2) is 35.1 Å². The van der Waals surface area contributed by atoms with E-state index < -0.39 is 0 Å². The monoisotopic (exact) mass is 300 g/mol. The molecule has 0 saturated carbocycles. The number of aliphatic hydroxyl groups is 1. The average molecular weight is 302 g/mol. The van der Waals surface area contributed by atoms with Crippen LogP contribution in [0.5, 0.6) is 0 Å². The van der Waals surface area contributed by atoms with Gasteiger partial charge in [0.05, 0.1) is 19.3 Å². The van der Waals surface area contributed by atoms with Gasteiger partial charge in [0.2, 0.25) is 0 Å². The highest BCUT2D eigenvalue weighted by molar-refractivity contribution is 9.10. The number of aliphatic hydroxyl groups excluding tert-OH is 1. The van der Waals surface area contributed by atoms with Crippen molar-refractivity contribution < 1.29 is 5.11 Å². The molecule has 16 heavy (non-hydrogen) atoms. The number of aromatic nitrogens is 2. The molecule has 0 radical (unpaired) electrons. The van der Waals surface area contributed by atoms with Crippen molar-refractivity contribution in [1.29, 1.82) is 0 Å². The van der Waals surface area contributed by atoms with Crippen molar-refractivity contribution in [2.45, 2.75) is 13.2 Å². The average Bonchev–Trinajstić information content (AvgIpc) is 2.70. The summed E-state index contributed by atoms with van der Waals surface area (Å²) >= 11 is 9.46. The Morgan fingerprint density at radius 1 is 1.44 bits per heavy atom. The first-order valence-corrected chi connectivity index (χ1v) is 5.92. The summed E-state index contributed by atoms with van der Waals surface area (Å²) < 4.78 is 2.71. The van der Waals surface area contributed by atoms with E-state index in [1.807, 2.05) is 18.2 Å². The molecule has 2 aromatic rings. The Balaban J connectivity index is 2.20. The molecule has 0 amide bonds. The predicted molar refractivity (Wildman–Crippen MR) is 66.4 cm³/mol. The van der Waals surface area contributed by atoms with Gasteiger partial charge in [0.1, 0.15) is 0 Å². The fraction of sp³-hybridized carbons (Fsp3) is 0.182. The second kappa shape index (κ2) is 4.99. The molecule has 1 N–H and O–H groups in total. The zero-order valence-corrected chi connectivity index (χ0v) is 10.7. The number of rotatable bonds is 3. The van der Waals surface area contributed by atoms with Crippen molar-refractivity contribution in [3.63, 3.8) is 0 Å². The molecule has 0 aliphatic rings. The van der Waals surface area contributed by atoms with Crippen molar-refractivity contribution >= 4 is 27.5 Å². The van der Waals surface area contributed by atoms with E-state index >= 15 is 0 Å². The molecule has 0 atom stereocenters. The first kappa shape index (κ1) is 11.6. The summed E-state index contributed by atoms with van der Waals surface area (Å²) in [5.74, 6) is 0. The van der Waals surface area contributed by atoms with Gasteiger partial charge in [0, 0.05) is 21.3 Å². The van der Waals surface area contributed by atoms with Gasteiger partial charge in [0.25, 0.3) is 0 Å². The quantitative estimate of drug-likeness (QED) is 0.946. The molecule has 0 aliphatic heterocycles. The summed E-state index contributed by atoms with van der Waals surface area (Å²) in [6.07, 6.45) is 3.45. The largest absolute Gasteiger partial charge is 0.392 e. The Labute approximate surface area is 107 Å². The smallest absolute Gasteiger partial charge is 0.0712 e. The number of hydrogen-bond acceptors (Lipinski definition) is 2.